The molecule has 1 aliphatic rings. The van der Waals surface area contributed by atoms with Crippen molar-refractivity contribution in [3.63, 3.8) is 0 Å². The average Bonchev–Trinajstić information content (AvgIpc) is 3.22. The van der Waals surface area contributed by atoms with E-state index in [9.17, 15) is 14.6 Å². The highest BCUT2D eigenvalue weighted by atomic mass is 19.1. The molecule has 1 fully saturated rings. The van der Waals surface area contributed by atoms with Crippen molar-refractivity contribution in [2.75, 3.05) is 12.3 Å². The van der Waals surface area contributed by atoms with Crippen LogP contribution in [0.5, 0.6) is 0 Å². The van der Waals surface area contributed by atoms with Crippen LogP contribution in [0.1, 0.15) is 24.0 Å². The maximum Gasteiger partial charge on any atom is 0.168 e. The molecular formula is C18H18FN5O3. The van der Waals surface area contributed by atoms with E-state index in [1.54, 1.807) is 28.9 Å². The van der Waals surface area contributed by atoms with Crippen LogP contribution in [0.4, 0.5) is 10.2 Å². The number of nitrogens with zero attached hydrogens (tertiary/aromatic N) is 4. The van der Waals surface area contributed by atoms with Gasteiger partial charge in [-0.25, -0.2) is 19.3 Å². The highest BCUT2D eigenvalue weighted by molar-refractivity contribution is 5.84. The second kappa shape index (κ2) is 7.03. The van der Waals surface area contributed by atoms with Gasteiger partial charge in [-0.3, -0.25) is 4.57 Å². The summed E-state index contributed by atoms with van der Waals surface area (Å²) in [5.74, 6) is 0.413. The van der Waals surface area contributed by atoms with E-state index in [1.165, 1.54) is 18.5 Å². The molecule has 0 radical (unpaired) electrons. The van der Waals surface area contributed by atoms with Crippen molar-refractivity contribution in [1.82, 2.24) is 19.5 Å². The fraction of sp³-hybridized carbons (Fsp3) is 0.278. The molecule has 3 unspecified atom stereocenters. The van der Waals surface area contributed by atoms with E-state index < -0.39 is 18.4 Å². The smallest absolute Gasteiger partial charge is 0.168 e. The number of ether oxygens (including phenoxy) is 1. The Labute approximate surface area is 153 Å². The Morgan fingerprint density at radius 3 is 2.74 bits per heavy atom. The van der Waals surface area contributed by atoms with Crippen LogP contribution in [0, 0.1) is 5.82 Å². The summed E-state index contributed by atoms with van der Waals surface area (Å²) in [5.41, 5.74) is 7.59. The highest BCUT2D eigenvalue weighted by Crippen LogP contribution is 2.33. The molecule has 1 saturated heterocycles. The SMILES string of the molecule is Nc1ncnc2c1nc(/C=C/c1ccc(F)cc1)n2C1CC(O)C(CO)O1. The Morgan fingerprint density at radius 2 is 2.04 bits per heavy atom. The number of anilines is 1. The Bertz CT molecular complexity index is 989. The van der Waals surface area contributed by atoms with Crippen LogP contribution < -0.4 is 5.73 Å². The molecule has 8 nitrogen and oxygen atoms in total. The van der Waals surface area contributed by atoms with Crippen LogP contribution in [0.2, 0.25) is 0 Å². The van der Waals surface area contributed by atoms with E-state index in [4.69, 9.17) is 10.5 Å². The molecule has 140 valence electrons. The maximum atomic E-state index is 13.1. The summed E-state index contributed by atoms with van der Waals surface area (Å²) in [6.07, 6.45) is 3.07. The normalized spacial score (nSPS) is 22.9. The van der Waals surface area contributed by atoms with Gasteiger partial charge in [0.2, 0.25) is 0 Å². The first-order valence-corrected chi connectivity index (χ1v) is 8.43. The van der Waals surface area contributed by atoms with E-state index in [2.05, 4.69) is 15.0 Å². The second-order valence-corrected chi connectivity index (χ2v) is 6.27. The van der Waals surface area contributed by atoms with Crippen LogP contribution in [-0.4, -0.2) is 48.5 Å². The number of fused-ring (bicyclic) bond motifs is 1. The van der Waals surface area contributed by atoms with E-state index >= 15 is 0 Å². The number of nitrogen functional groups attached to an aromatic ring is 1. The maximum absolute atomic E-state index is 13.1. The van der Waals surface area contributed by atoms with Crippen LogP contribution in [0.3, 0.4) is 0 Å². The third-order valence-electron chi connectivity index (χ3n) is 4.50. The molecule has 1 aliphatic heterocycles. The third kappa shape index (κ3) is 3.27. The Kier molecular flexibility index (Phi) is 4.56. The van der Waals surface area contributed by atoms with Gasteiger partial charge >= 0.3 is 0 Å². The summed E-state index contributed by atoms with van der Waals surface area (Å²) in [6.45, 7) is -0.290. The zero-order valence-corrected chi connectivity index (χ0v) is 14.2. The summed E-state index contributed by atoms with van der Waals surface area (Å²) >= 11 is 0. The first-order valence-electron chi connectivity index (χ1n) is 8.43. The van der Waals surface area contributed by atoms with Gasteiger partial charge in [-0.1, -0.05) is 18.2 Å². The van der Waals surface area contributed by atoms with Gasteiger partial charge in [-0.2, -0.15) is 0 Å². The van der Waals surface area contributed by atoms with Gasteiger partial charge < -0.3 is 20.7 Å². The van der Waals surface area contributed by atoms with Gasteiger partial charge in [0.25, 0.3) is 0 Å². The van der Waals surface area contributed by atoms with E-state index in [0.29, 0.717) is 17.0 Å². The van der Waals surface area contributed by atoms with Crippen molar-refractivity contribution >= 4 is 29.1 Å². The molecule has 27 heavy (non-hydrogen) atoms. The number of hydrogen-bond donors (Lipinski definition) is 3. The number of halogens is 1. The summed E-state index contributed by atoms with van der Waals surface area (Å²) in [6, 6.07) is 6.03. The van der Waals surface area contributed by atoms with Crippen LogP contribution in [0.15, 0.2) is 30.6 Å². The van der Waals surface area contributed by atoms with Crippen LogP contribution in [0.25, 0.3) is 23.3 Å². The Morgan fingerprint density at radius 1 is 1.26 bits per heavy atom. The minimum Gasteiger partial charge on any atom is -0.394 e. The zero-order valence-electron chi connectivity index (χ0n) is 14.2. The van der Waals surface area contributed by atoms with Crippen molar-refractivity contribution in [2.24, 2.45) is 0 Å². The van der Waals surface area contributed by atoms with E-state index in [-0.39, 0.29) is 24.7 Å². The monoisotopic (exact) mass is 371 g/mol. The molecule has 0 aliphatic carbocycles. The lowest BCUT2D eigenvalue weighted by Crippen LogP contribution is -2.24. The number of aliphatic hydroxyl groups is 2. The molecule has 4 N–H and O–H groups in total. The average molecular weight is 371 g/mol. The molecule has 0 saturated carbocycles. The van der Waals surface area contributed by atoms with Gasteiger partial charge in [-0.15, -0.1) is 0 Å². The number of nitrogens with two attached hydrogens (primary N) is 1. The van der Waals surface area contributed by atoms with Gasteiger partial charge in [0.05, 0.1) is 12.7 Å². The zero-order chi connectivity index (χ0) is 19.0. The molecule has 0 spiro atoms. The second-order valence-electron chi connectivity index (χ2n) is 6.27. The van der Waals surface area contributed by atoms with E-state index in [1.807, 2.05) is 0 Å². The fourth-order valence-corrected chi connectivity index (χ4v) is 3.13. The lowest BCUT2D eigenvalue weighted by molar-refractivity contribution is -0.0434. The summed E-state index contributed by atoms with van der Waals surface area (Å²) < 4.78 is 20.6. The van der Waals surface area contributed by atoms with Crippen molar-refractivity contribution in [3.8, 4) is 0 Å². The fourth-order valence-electron chi connectivity index (χ4n) is 3.13. The molecule has 0 amide bonds. The van der Waals surface area contributed by atoms with Crippen molar-refractivity contribution in [2.45, 2.75) is 24.9 Å². The van der Waals surface area contributed by atoms with Crippen LogP contribution in [-0.2, 0) is 4.74 Å². The lowest BCUT2D eigenvalue weighted by atomic mass is 10.2. The Balaban J connectivity index is 1.77. The third-order valence-corrected chi connectivity index (χ3v) is 4.50. The standard InChI is InChI=1S/C18H18FN5O3/c19-11-4-1-10(2-5-11)3-6-14-23-16-17(20)21-9-22-18(16)24(14)15-7-12(26)13(8-25)27-15/h1-6,9,12-13,15,25-26H,7-8H2,(H2,20,21,22)/b6-3+. The molecule has 0 bridgehead atoms. The predicted octanol–water partition coefficient (Wildman–Crippen LogP) is 1.36. The minimum atomic E-state index is -0.800. The summed E-state index contributed by atoms with van der Waals surface area (Å²) in [7, 11) is 0. The summed E-state index contributed by atoms with van der Waals surface area (Å²) in [5, 5.41) is 19.4. The molecule has 2 aromatic heterocycles. The topological polar surface area (TPSA) is 119 Å². The molecule has 9 heteroatoms. The molecule has 3 aromatic rings. The van der Waals surface area contributed by atoms with Gasteiger partial charge in [0.1, 0.15) is 30.3 Å². The lowest BCUT2D eigenvalue weighted by Gasteiger charge is -2.15. The number of rotatable bonds is 4. The number of hydrogen-bond acceptors (Lipinski definition) is 7. The van der Waals surface area contributed by atoms with Gasteiger partial charge in [-0.05, 0) is 23.8 Å². The first kappa shape index (κ1) is 17.5. The van der Waals surface area contributed by atoms with Crippen molar-refractivity contribution in [1.29, 1.82) is 0 Å². The van der Waals surface area contributed by atoms with Gasteiger partial charge in [0, 0.05) is 6.42 Å². The Hall–Kier alpha value is -2.88. The minimum absolute atomic E-state index is 0.229. The number of aromatic nitrogens is 4. The molecule has 4 rings (SSSR count). The van der Waals surface area contributed by atoms with E-state index in [0.717, 1.165) is 5.56 Å². The quantitative estimate of drug-likeness (QED) is 0.633. The number of aliphatic hydroxyl groups excluding tert-OH is 2. The molecular weight excluding hydrogens is 353 g/mol. The molecule has 1 aromatic carbocycles. The van der Waals surface area contributed by atoms with Crippen LogP contribution >= 0.6 is 0 Å². The number of imidazole rings is 1. The van der Waals surface area contributed by atoms with Crippen molar-refractivity contribution < 1.29 is 19.3 Å². The summed E-state index contributed by atoms with van der Waals surface area (Å²) in [4.78, 5) is 12.7. The first-order chi connectivity index (χ1) is 13.1. The predicted molar refractivity (Wildman–Crippen MR) is 96.7 cm³/mol. The number of benzene rings is 1. The molecule has 3 heterocycles. The highest BCUT2D eigenvalue weighted by Gasteiger charge is 2.36. The molecule has 3 atom stereocenters. The van der Waals surface area contributed by atoms with Crippen molar-refractivity contribution in [3.05, 3.63) is 47.8 Å². The largest absolute Gasteiger partial charge is 0.394 e. The van der Waals surface area contributed by atoms with Gasteiger partial charge in [0.15, 0.2) is 17.0 Å².